The summed E-state index contributed by atoms with van der Waals surface area (Å²) < 4.78 is 5.92. The minimum absolute atomic E-state index is 0.0398. The Morgan fingerprint density at radius 2 is 1.83 bits per heavy atom. The van der Waals surface area contributed by atoms with Crippen molar-refractivity contribution < 1.29 is 14.6 Å². The van der Waals surface area contributed by atoms with E-state index in [-0.39, 0.29) is 23.3 Å². The summed E-state index contributed by atoms with van der Waals surface area (Å²) in [5.74, 6) is 0.620. The summed E-state index contributed by atoms with van der Waals surface area (Å²) in [7, 11) is 0. The normalized spacial score (nSPS) is 15.4. The second-order valence-electron chi connectivity index (χ2n) is 5.58. The molecule has 120 valence electrons. The summed E-state index contributed by atoms with van der Waals surface area (Å²) in [4.78, 5) is 14.2. The number of carbonyl (C=O) groups excluding carboxylic acids is 1. The number of piperidine rings is 1. The number of para-hydroxylation sites is 1. The van der Waals surface area contributed by atoms with Crippen molar-refractivity contribution in [1.29, 1.82) is 0 Å². The van der Waals surface area contributed by atoms with Gasteiger partial charge >= 0.3 is 0 Å². The van der Waals surface area contributed by atoms with Gasteiger partial charge in [0.25, 0.3) is 5.91 Å². The van der Waals surface area contributed by atoms with Crippen LogP contribution in [0.25, 0.3) is 0 Å². The van der Waals surface area contributed by atoms with Gasteiger partial charge in [0.2, 0.25) is 0 Å². The zero-order valence-electron chi connectivity index (χ0n) is 12.6. The zero-order valence-corrected chi connectivity index (χ0v) is 13.4. The molecule has 0 atom stereocenters. The molecule has 1 heterocycles. The second-order valence-corrected chi connectivity index (χ2v) is 6.02. The van der Waals surface area contributed by atoms with Gasteiger partial charge in [-0.2, -0.15) is 0 Å². The monoisotopic (exact) mass is 331 g/mol. The van der Waals surface area contributed by atoms with E-state index in [0.717, 1.165) is 18.6 Å². The van der Waals surface area contributed by atoms with E-state index in [2.05, 4.69) is 0 Å². The van der Waals surface area contributed by atoms with Crippen molar-refractivity contribution in [1.82, 2.24) is 4.90 Å². The maximum atomic E-state index is 12.5. The van der Waals surface area contributed by atoms with Gasteiger partial charge in [0, 0.05) is 31.0 Å². The lowest BCUT2D eigenvalue weighted by atomic mass is 10.1. The maximum Gasteiger partial charge on any atom is 0.257 e. The topological polar surface area (TPSA) is 49.8 Å². The molecule has 0 spiro atoms. The van der Waals surface area contributed by atoms with Crippen LogP contribution in [0.5, 0.6) is 11.5 Å². The van der Waals surface area contributed by atoms with Gasteiger partial charge in [-0.15, -0.1) is 0 Å². The Hall–Kier alpha value is -2.20. The lowest BCUT2D eigenvalue weighted by Gasteiger charge is -2.32. The molecule has 1 aliphatic heterocycles. The number of aromatic hydroxyl groups is 1. The number of halogens is 1. The molecule has 5 heteroatoms. The van der Waals surface area contributed by atoms with Crippen molar-refractivity contribution in [3.05, 3.63) is 59.1 Å². The van der Waals surface area contributed by atoms with Crippen LogP contribution in [0.1, 0.15) is 23.2 Å². The van der Waals surface area contributed by atoms with Crippen molar-refractivity contribution in [2.75, 3.05) is 13.1 Å². The number of nitrogens with zero attached hydrogens (tertiary/aromatic N) is 1. The number of likely N-dealkylation sites (tertiary alicyclic amines) is 1. The van der Waals surface area contributed by atoms with Crippen molar-refractivity contribution in [2.24, 2.45) is 0 Å². The predicted octanol–water partition coefficient (Wildman–Crippen LogP) is 3.73. The van der Waals surface area contributed by atoms with Gasteiger partial charge in [-0.25, -0.2) is 0 Å². The minimum atomic E-state index is -0.192. The fraction of sp³-hybridized carbons (Fsp3) is 0.278. The molecule has 2 aromatic carbocycles. The first-order valence-corrected chi connectivity index (χ1v) is 8.01. The third-order valence-electron chi connectivity index (χ3n) is 3.96. The number of phenolic OH excluding ortho intramolecular Hbond substituents is 1. The highest BCUT2D eigenvalue weighted by atomic mass is 35.5. The van der Waals surface area contributed by atoms with E-state index < -0.39 is 0 Å². The third kappa shape index (κ3) is 3.77. The third-order valence-corrected chi connectivity index (χ3v) is 4.20. The van der Waals surface area contributed by atoms with E-state index in [9.17, 15) is 9.90 Å². The number of hydrogen-bond acceptors (Lipinski definition) is 3. The van der Waals surface area contributed by atoms with Crippen molar-refractivity contribution in [3.8, 4) is 11.5 Å². The summed E-state index contributed by atoms with van der Waals surface area (Å²) >= 11 is 5.91. The molecule has 0 unspecified atom stereocenters. The highest BCUT2D eigenvalue weighted by molar-refractivity contribution is 6.31. The summed E-state index contributed by atoms with van der Waals surface area (Å²) in [5, 5.41) is 10.3. The van der Waals surface area contributed by atoms with Crippen LogP contribution in [-0.4, -0.2) is 35.1 Å². The van der Waals surface area contributed by atoms with E-state index in [0.29, 0.717) is 18.1 Å². The molecule has 0 saturated carbocycles. The fourth-order valence-corrected chi connectivity index (χ4v) is 2.89. The van der Waals surface area contributed by atoms with E-state index >= 15 is 0 Å². The van der Waals surface area contributed by atoms with Crippen LogP contribution in [0.2, 0.25) is 5.02 Å². The SMILES string of the molecule is O=C(c1cc(Cl)ccc1O)N1CCC(Oc2ccccc2)CC1. The van der Waals surface area contributed by atoms with E-state index in [1.54, 1.807) is 11.0 Å². The molecule has 4 nitrogen and oxygen atoms in total. The minimum Gasteiger partial charge on any atom is -0.507 e. The van der Waals surface area contributed by atoms with Crippen LogP contribution in [0.4, 0.5) is 0 Å². The molecular weight excluding hydrogens is 314 g/mol. The van der Waals surface area contributed by atoms with Crippen LogP contribution >= 0.6 is 11.6 Å². The molecule has 3 rings (SSSR count). The van der Waals surface area contributed by atoms with Gasteiger partial charge in [-0.1, -0.05) is 29.8 Å². The molecule has 0 aliphatic carbocycles. The van der Waals surface area contributed by atoms with Gasteiger partial charge in [-0.05, 0) is 30.3 Å². The molecule has 1 aliphatic rings. The van der Waals surface area contributed by atoms with Gasteiger partial charge in [0.15, 0.2) is 0 Å². The van der Waals surface area contributed by atoms with E-state index in [1.165, 1.54) is 12.1 Å². The summed E-state index contributed by atoms with van der Waals surface area (Å²) in [6.45, 7) is 1.20. The number of benzene rings is 2. The number of hydrogen-bond donors (Lipinski definition) is 1. The Balaban J connectivity index is 1.60. The molecule has 0 radical (unpaired) electrons. The number of rotatable bonds is 3. The van der Waals surface area contributed by atoms with E-state index in [4.69, 9.17) is 16.3 Å². The first kappa shape index (κ1) is 15.7. The van der Waals surface area contributed by atoms with Crippen LogP contribution in [0.15, 0.2) is 48.5 Å². The fourth-order valence-electron chi connectivity index (χ4n) is 2.72. The average molecular weight is 332 g/mol. The Bertz CT molecular complexity index is 682. The first-order chi connectivity index (χ1) is 11.1. The highest BCUT2D eigenvalue weighted by Gasteiger charge is 2.26. The van der Waals surface area contributed by atoms with E-state index in [1.807, 2.05) is 30.3 Å². The molecule has 1 amide bonds. The van der Waals surface area contributed by atoms with Crippen molar-refractivity contribution in [2.45, 2.75) is 18.9 Å². The van der Waals surface area contributed by atoms with Crippen LogP contribution < -0.4 is 4.74 Å². The van der Waals surface area contributed by atoms with Crippen LogP contribution in [0, 0.1) is 0 Å². The quantitative estimate of drug-likeness (QED) is 0.932. The molecule has 0 aromatic heterocycles. The largest absolute Gasteiger partial charge is 0.507 e. The Morgan fingerprint density at radius 3 is 2.52 bits per heavy atom. The molecule has 1 fully saturated rings. The number of carbonyl (C=O) groups is 1. The number of amides is 1. The van der Waals surface area contributed by atoms with Gasteiger partial charge in [0.05, 0.1) is 5.56 Å². The molecule has 1 saturated heterocycles. The second kappa shape index (κ2) is 6.92. The molecule has 23 heavy (non-hydrogen) atoms. The number of ether oxygens (including phenoxy) is 1. The zero-order chi connectivity index (χ0) is 16.2. The molecule has 0 bridgehead atoms. The van der Waals surface area contributed by atoms with Crippen molar-refractivity contribution >= 4 is 17.5 Å². The first-order valence-electron chi connectivity index (χ1n) is 7.63. The molecular formula is C18H18ClNO3. The van der Waals surface area contributed by atoms with Gasteiger partial charge in [0.1, 0.15) is 17.6 Å². The summed E-state index contributed by atoms with van der Waals surface area (Å²) in [5.41, 5.74) is 0.250. The smallest absolute Gasteiger partial charge is 0.257 e. The summed E-state index contributed by atoms with van der Waals surface area (Å²) in [6, 6.07) is 14.2. The Labute approximate surface area is 140 Å². The van der Waals surface area contributed by atoms with Crippen molar-refractivity contribution in [3.63, 3.8) is 0 Å². The van der Waals surface area contributed by atoms with Crippen LogP contribution in [0.3, 0.4) is 0 Å². The number of phenols is 1. The standard InChI is InChI=1S/C18H18ClNO3/c19-13-6-7-17(21)16(12-13)18(22)20-10-8-15(9-11-20)23-14-4-2-1-3-5-14/h1-7,12,15,21H,8-11H2. The summed E-state index contributed by atoms with van der Waals surface area (Å²) in [6.07, 6.45) is 1.64. The molecule has 2 aromatic rings. The van der Waals surface area contributed by atoms with Crippen LogP contribution in [-0.2, 0) is 0 Å². The predicted molar refractivity (Wildman–Crippen MR) is 89.1 cm³/mol. The Kier molecular flexibility index (Phi) is 4.72. The van der Waals surface area contributed by atoms with Gasteiger partial charge < -0.3 is 14.7 Å². The lowest BCUT2D eigenvalue weighted by molar-refractivity contribution is 0.0593. The molecule has 1 N–H and O–H groups in total. The van der Waals surface area contributed by atoms with Gasteiger partial charge in [-0.3, -0.25) is 4.79 Å². The maximum absolute atomic E-state index is 12.5. The lowest BCUT2D eigenvalue weighted by Crippen LogP contribution is -2.41. The Morgan fingerprint density at radius 1 is 1.13 bits per heavy atom. The average Bonchev–Trinajstić information content (AvgIpc) is 2.58. The highest BCUT2D eigenvalue weighted by Crippen LogP contribution is 2.25.